The van der Waals surface area contributed by atoms with Crippen molar-refractivity contribution in [1.82, 2.24) is 20.3 Å². The first-order valence-corrected chi connectivity index (χ1v) is 12.5. The Kier molecular flexibility index (Phi) is 8.04. The summed E-state index contributed by atoms with van der Waals surface area (Å²) in [5.41, 5.74) is 0.584. The largest absolute Gasteiger partial charge is 0.416 e. The second-order valence-electron chi connectivity index (χ2n) is 7.67. The van der Waals surface area contributed by atoms with Crippen LogP contribution in [0.3, 0.4) is 0 Å². The maximum absolute atomic E-state index is 13.0. The Morgan fingerprint density at radius 1 is 1.14 bits per heavy atom. The van der Waals surface area contributed by atoms with E-state index in [0.29, 0.717) is 61.8 Å². The first-order valence-electron chi connectivity index (χ1n) is 10.9. The molecule has 3 N–H and O–H groups in total. The molecule has 0 aliphatic carbocycles. The lowest BCUT2D eigenvalue weighted by molar-refractivity contribution is -0.137. The smallest absolute Gasteiger partial charge is 0.338 e. The molecule has 4 rings (SSSR count). The number of thiazole rings is 1. The molecule has 0 saturated carbocycles. The number of aromatic nitrogens is 3. The average Bonchev–Trinajstić information content (AvgIpc) is 3.29. The molecule has 0 amide bonds. The van der Waals surface area contributed by atoms with Crippen LogP contribution >= 0.6 is 34.5 Å². The molecule has 1 aliphatic rings. The van der Waals surface area contributed by atoms with Crippen LogP contribution in [0.1, 0.15) is 12.5 Å². The Labute approximate surface area is 219 Å². The molecular formula is C23H22Cl2F3N7S. The number of nitrogens with zero attached hydrogens (tertiary/aromatic N) is 4. The highest BCUT2D eigenvalue weighted by molar-refractivity contribution is 7.21. The Morgan fingerprint density at radius 2 is 1.83 bits per heavy atom. The first-order chi connectivity index (χ1) is 17.2. The molecule has 0 unspecified atom stereocenters. The molecular weight excluding hydrogens is 534 g/mol. The molecule has 2 aromatic heterocycles. The zero-order valence-corrected chi connectivity index (χ0v) is 21.4. The maximum atomic E-state index is 13.0. The molecule has 3 heterocycles. The van der Waals surface area contributed by atoms with Crippen LogP contribution in [0.4, 0.5) is 35.8 Å². The number of benzene rings is 1. The molecule has 7 nitrogen and oxygen atoms in total. The third-order valence-corrected chi connectivity index (χ3v) is 6.88. The van der Waals surface area contributed by atoms with Gasteiger partial charge in [-0.15, -0.1) is 0 Å². The third-order valence-electron chi connectivity index (χ3n) is 5.26. The van der Waals surface area contributed by atoms with Crippen LogP contribution in [0.25, 0.3) is 10.3 Å². The van der Waals surface area contributed by atoms with Crippen molar-refractivity contribution in [2.75, 3.05) is 41.7 Å². The van der Waals surface area contributed by atoms with Gasteiger partial charge in [-0.2, -0.15) is 23.1 Å². The number of halogens is 5. The van der Waals surface area contributed by atoms with Crippen LogP contribution in [-0.4, -0.2) is 41.1 Å². The predicted molar refractivity (Wildman–Crippen MR) is 141 cm³/mol. The Balaban J connectivity index is 1.75. The highest BCUT2D eigenvalue weighted by Crippen LogP contribution is 2.35. The van der Waals surface area contributed by atoms with Crippen molar-refractivity contribution in [3.05, 3.63) is 64.3 Å². The van der Waals surface area contributed by atoms with Gasteiger partial charge >= 0.3 is 6.18 Å². The fraction of sp³-hybridized carbons (Fsp3) is 0.261. The summed E-state index contributed by atoms with van der Waals surface area (Å²) in [6.07, 6.45) is -1.27. The third kappa shape index (κ3) is 5.92. The number of nitrogens with one attached hydrogen (secondary N) is 3. The topological polar surface area (TPSA) is 78.0 Å². The van der Waals surface area contributed by atoms with Gasteiger partial charge in [-0.05, 0) is 37.3 Å². The summed E-state index contributed by atoms with van der Waals surface area (Å²) < 4.78 is 39.0. The molecule has 190 valence electrons. The van der Waals surface area contributed by atoms with Gasteiger partial charge in [-0.1, -0.05) is 47.2 Å². The quantitative estimate of drug-likeness (QED) is 0.289. The highest BCUT2D eigenvalue weighted by atomic mass is 35.5. The molecule has 1 fully saturated rings. The van der Waals surface area contributed by atoms with Crippen LogP contribution in [0, 0.1) is 0 Å². The summed E-state index contributed by atoms with van der Waals surface area (Å²) in [6, 6.07) is 4.73. The van der Waals surface area contributed by atoms with Crippen molar-refractivity contribution >= 4 is 67.5 Å². The van der Waals surface area contributed by atoms with E-state index < -0.39 is 11.7 Å². The van der Waals surface area contributed by atoms with E-state index in [-0.39, 0.29) is 0 Å². The van der Waals surface area contributed by atoms with Crippen LogP contribution in [0.2, 0.25) is 0 Å². The van der Waals surface area contributed by atoms with E-state index in [1.54, 1.807) is 13.0 Å². The minimum Gasteiger partial charge on any atom is -0.338 e. The summed E-state index contributed by atoms with van der Waals surface area (Å²) >= 11 is 13.9. The Hall–Kier alpha value is -2.86. The normalized spacial score (nSPS) is 15.6. The van der Waals surface area contributed by atoms with Crippen LogP contribution in [0.5, 0.6) is 0 Å². The highest BCUT2D eigenvalue weighted by Gasteiger charge is 2.30. The van der Waals surface area contributed by atoms with E-state index in [4.69, 9.17) is 28.2 Å². The number of piperazine rings is 1. The predicted octanol–water partition coefficient (Wildman–Crippen LogP) is 6.45. The minimum absolute atomic E-state index is 0.313. The fourth-order valence-electron chi connectivity index (χ4n) is 3.42. The van der Waals surface area contributed by atoms with E-state index >= 15 is 0 Å². The van der Waals surface area contributed by atoms with Gasteiger partial charge in [0.05, 0.1) is 21.3 Å². The summed E-state index contributed by atoms with van der Waals surface area (Å²) in [6.45, 7) is 8.46. The van der Waals surface area contributed by atoms with Gasteiger partial charge in [0, 0.05) is 31.9 Å². The summed E-state index contributed by atoms with van der Waals surface area (Å²) in [7, 11) is 0. The lowest BCUT2D eigenvalue weighted by atomic mass is 10.2. The number of rotatable bonds is 7. The monoisotopic (exact) mass is 555 g/mol. The molecule has 1 aromatic carbocycles. The fourth-order valence-corrected chi connectivity index (χ4v) is 4.61. The van der Waals surface area contributed by atoms with Gasteiger partial charge in [0.1, 0.15) is 5.52 Å². The number of alkyl halides is 3. The number of allylic oxidation sites excluding steroid dienone is 4. The summed E-state index contributed by atoms with van der Waals surface area (Å²) in [5, 5.41) is 10.7. The van der Waals surface area contributed by atoms with E-state index in [9.17, 15) is 13.2 Å². The van der Waals surface area contributed by atoms with Crippen molar-refractivity contribution in [1.29, 1.82) is 0 Å². The van der Waals surface area contributed by atoms with E-state index in [0.717, 1.165) is 25.2 Å². The summed E-state index contributed by atoms with van der Waals surface area (Å²) in [4.78, 5) is 16.6. The van der Waals surface area contributed by atoms with Crippen LogP contribution in [-0.2, 0) is 6.18 Å². The lowest BCUT2D eigenvalue weighted by Gasteiger charge is -2.27. The van der Waals surface area contributed by atoms with Crippen molar-refractivity contribution < 1.29 is 13.2 Å². The molecule has 36 heavy (non-hydrogen) atoms. The molecule has 1 saturated heterocycles. The summed E-state index contributed by atoms with van der Waals surface area (Å²) in [5.74, 6) is 0.870. The van der Waals surface area contributed by atoms with Crippen LogP contribution < -0.4 is 20.9 Å². The molecule has 13 heteroatoms. The van der Waals surface area contributed by atoms with Gasteiger partial charge in [0.25, 0.3) is 0 Å². The molecule has 0 atom stereocenters. The van der Waals surface area contributed by atoms with Gasteiger partial charge in [0.15, 0.2) is 15.8 Å². The number of anilines is 4. The molecule has 3 aromatic rings. The van der Waals surface area contributed by atoms with Crippen molar-refractivity contribution in [3.63, 3.8) is 0 Å². The van der Waals surface area contributed by atoms with Crippen molar-refractivity contribution in [2.24, 2.45) is 0 Å². The lowest BCUT2D eigenvalue weighted by Crippen LogP contribution is -2.44. The second-order valence-corrected chi connectivity index (χ2v) is 9.46. The maximum Gasteiger partial charge on any atom is 0.416 e. The van der Waals surface area contributed by atoms with E-state index in [1.807, 2.05) is 4.90 Å². The van der Waals surface area contributed by atoms with Crippen molar-refractivity contribution in [3.8, 4) is 0 Å². The zero-order chi connectivity index (χ0) is 25.9. The molecule has 0 spiro atoms. The van der Waals surface area contributed by atoms with E-state index in [2.05, 4.69) is 32.5 Å². The van der Waals surface area contributed by atoms with Gasteiger partial charge in [0.2, 0.25) is 5.95 Å². The molecule has 0 bridgehead atoms. The van der Waals surface area contributed by atoms with Gasteiger partial charge in [-0.3, -0.25) is 0 Å². The van der Waals surface area contributed by atoms with Crippen molar-refractivity contribution in [2.45, 2.75) is 13.1 Å². The average molecular weight is 556 g/mol. The van der Waals surface area contributed by atoms with Gasteiger partial charge in [-0.25, -0.2) is 4.98 Å². The SMILES string of the molecule is C=C/C(Cl)=C(Nc1nc2c(Nc3ccc(C(F)(F)F)cc3)nc(N3CCNCC3)nc2s1)\C(Cl)=C/C. The number of hydrogen-bond donors (Lipinski definition) is 3. The molecule has 1 aliphatic heterocycles. The Bertz CT molecular complexity index is 1310. The van der Waals surface area contributed by atoms with Crippen LogP contribution in [0.15, 0.2) is 58.8 Å². The Morgan fingerprint density at radius 3 is 2.44 bits per heavy atom. The molecule has 0 radical (unpaired) electrons. The number of fused-ring (bicyclic) bond motifs is 1. The first kappa shape index (κ1) is 26.2. The number of hydrogen-bond acceptors (Lipinski definition) is 8. The van der Waals surface area contributed by atoms with E-state index in [1.165, 1.54) is 29.5 Å². The van der Waals surface area contributed by atoms with Gasteiger partial charge < -0.3 is 20.9 Å². The second kappa shape index (κ2) is 11.0. The standard InChI is InChI=1S/C23H22Cl2F3N7S/c1-3-15(24)17(16(25)4-2)31-22-32-18-19(30-14-7-5-13(6-8-14)23(26,27)28)33-21(34-20(18)36-22)35-11-9-29-10-12-35/h3-8,29H,1,9-12H2,2H3,(H,31,32)(H,30,33,34)/b16-4+,17-15-. The zero-order valence-electron chi connectivity index (χ0n) is 19.1. The minimum atomic E-state index is -4.42.